The van der Waals surface area contributed by atoms with E-state index in [0.29, 0.717) is 12.4 Å². The molecule has 2 aromatic rings. The SMILES string of the molecule is C[C@]1(Cl)C(=O)N(C(c2ccccc2)c2ccccc2)C[C@@H]1CCl. The number of likely N-dealkylation sites (tertiary alicyclic amines) is 1. The van der Waals surface area contributed by atoms with Crippen LogP contribution < -0.4 is 0 Å². The number of nitrogens with zero attached hydrogens (tertiary/aromatic N) is 1. The maximum Gasteiger partial charge on any atom is 0.244 e. The Kier molecular flexibility index (Phi) is 4.65. The van der Waals surface area contributed by atoms with Crippen LogP contribution in [0.1, 0.15) is 24.1 Å². The van der Waals surface area contributed by atoms with E-state index >= 15 is 0 Å². The van der Waals surface area contributed by atoms with Gasteiger partial charge in [0.2, 0.25) is 5.91 Å². The third-order valence-electron chi connectivity index (χ3n) is 4.59. The van der Waals surface area contributed by atoms with Gasteiger partial charge >= 0.3 is 0 Å². The molecule has 0 saturated carbocycles. The van der Waals surface area contributed by atoms with Crippen LogP contribution in [0.5, 0.6) is 0 Å². The highest BCUT2D eigenvalue weighted by atomic mass is 35.5. The van der Waals surface area contributed by atoms with Crippen molar-refractivity contribution in [2.75, 3.05) is 12.4 Å². The predicted molar refractivity (Wildman–Crippen MR) is 94.9 cm³/mol. The van der Waals surface area contributed by atoms with Crippen molar-refractivity contribution < 1.29 is 4.79 Å². The molecule has 2 atom stereocenters. The molecule has 0 spiro atoms. The molecule has 3 rings (SSSR count). The molecule has 1 saturated heterocycles. The molecule has 2 aromatic carbocycles. The van der Waals surface area contributed by atoms with Crippen molar-refractivity contribution >= 4 is 29.1 Å². The number of hydrogen-bond donors (Lipinski definition) is 0. The van der Waals surface area contributed by atoms with Gasteiger partial charge < -0.3 is 4.90 Å². The second-order valence-electron chi connectivity index (χ2n) is 6.11. The van der Waals surface area contributed by atoms with Crippen molar-refractivity contribution in [3.63, 3.8) is 0 Å². The highest BCUT2D eigenvalue weighted by molar-refractivity contribution is 6.36. The van der Waals surface area contributed by atoms with Gasteiger partial charge in [0, 0.05) is 18.3 Å². The van der Waals surface area contributed by atoms with Crippen LogP contribution in [0, 0.1) is 5.92 Å². The van der Waals surface area contributed by atoms with E-state index in [1.54, 1.807) is 6.92 Å². The zero-order valence-corrected chi connectivity index (χ0v) is 14.5. The van der Waals surface area contributed by atoms with Crippen molar-refractivity contribution in [1.29, 1.82) is 0 Å². The summed E-state index contributed by atoms with van der Waals surface area (Å²) in [6, 6.07) is 20.0. The Balaban J connectivity index is 2.05. The molecule has 1 amide bonds. The Labute approximate surface area is 147 Å². The molecule has 1 aliphatic rings. The van der Waals surface area contributed by atoms with Crippen LogP contribution in [0.4, 0.5) is 0 Å². The molecule has 1 fully saturated rings. The minimum Gasteiger partial charge on any atom is -0.330 e. The second kappa shape index (κ2) is 6.54. The third kappa shape index (κ3) is 2.98. The quantitative estimate of drug-likeness (QED) is 0.747. The lowest BCUT2D eigenvalue weighted by molar-refractivity contribution is -0.131. The molecular weight excluding hydrogens is 329 g/mol. The van der Waals surface area contributed by atoms with Gasteiger partial charge in [-0.15, -0.1) is 23.2 Å². The molecule has 2 nitrogen and oxygen atoms in total. The number of halogens is 2. The van der Waals surface area contributed by atoms with Crippen LogP contribution in [0.15, 0.2) is 60.7 Å². The summed E-state index contributed by atoms with van der Waals surface area (Å²) in [7, 11) is 0. The average Bonchev–Trinajstić information content (AvgIpc) is 2.80. The Bertz CT molecular complexity index is 633. The van der Waals surface area contributed by atoms with Crippen LogP contribution >= 0.6 is 23.2 Å². The molecule has 0 bridgehead atoms. The van der Waals surface area contributed by atoms with Gasteiger partial charge in [0.1, 0.15) is 4.87 Å². The first-order valence-electron chi connectivity index (χ1n) is 7.71. The van der Waals surface area contributed by atoms with Crippen LogP contribution in [-0.2, 0) is 4.79 Å². The number of amides is 1. The van der Waals surface area contributed by atoms with E-state index in [9.17, 15) is 4.79 Å². The van der Waals surface area contributed by atoms with Gasteiger partial charge in [0.25, 0.3) is 0 Å². The molecule has 1 aliphatic heterocycles. The Morgan fingerprint density at radius 2 is 1.57 bits per heavy atom. The van der Waals surface area contributed by atoms with Gasteiger partial charge in [0.15, 0.2) is 0 Å². The van der Waals surface area contributed by atoms with Crippen LogP contribution in [0.25, 0.3) is 0 Å². The molecular formula is C19H19Cl2NO. The molecule has 0 aliphatic carbocycles. The topological polar surface area (TPSA) is 20.3 Å². The fourth-order valence-electron chi connectivity index (χ4n) is 3.19. The van der Waals surface area contributed by atoms with E-state index in [4.69, 9.17) is 23.2 Å². The standard InChI is InChI=1S/C19H19Cl2NO/c1-19(21)16(12-20)13-22(18(19)23)17(14-8-4-2-5-9-14)15-10-6-3-7-11-15/h2-11,16-17H,12-13H2,1H3/t16-,19+/m0/s1. The largest absolute Gasteiger partial charge is 0.330 e. The first kappa shape index (κ1) is 16.4. The lowest BCUT2D eigenvalue weighted by atomic mass is 9.97. The van der Waals surface area contributed by atoms with Crippen LogP contribution in [-0.4, -0.2) is 28.1 Å². The lowest BCUT2D eigenvalue weighted by Gasteiger charge is -2.29. The summed E-state index contributed by atoms with van der Waals surface area (Å²) < 4.78 is 0. The fourth-order valence-corrected chi connectivity index (χ4v) is 3.93. The maximum atomic E-state index is 12.9. The normalized spacial score (nSPS) is 24.4. The van der Waals surface area contributed by atoms with Crippen molar-refractivity contribution in [3.05, 3.63) is 71.8 Å². The highest BCUT2D eigenvalue weighted by Crippen LogP contribution is 2.41. The maximum absolute atomic E-state index is 12.9. The van der Waals surface area contributed by atoms with E-state index in [1.807, 2.05) is 65.6 Å². The summed E-state index contributed by atoms with van der Waals surface area (Å²) >= 11 is 12.6. The molecule has 0 unspecified atom stereocenters. The summed E-state index contributed by atoms with van der Waals surface area (Å²) in [5.41, 5.74) is 2.16. The molecule has 4 heteroatoms. The van der Waals surface area contributed by atoms with Gasteiger partial charge in [-0.25, -0.2) is 0 Å². The summed E-state index contributed by atoms with van der Waals surface area (Å²) in [6.45, 7) is 2.34. The summed E-state index contributed by atoms with van der Waals surface area (Å²) in [5, 5.41) is 0. The molecule has 0 radical (unpaired) electrons. The smallest absolute Gasteiger partial charge is 0.244 e. The van der Waals surface area contributed by atoms with E-state index in [-0.39, 0.29) is 17.9 Å². The molecule has 120 valence electrons. The fraction of sp³-hybridized carbons (Fsp3) is 0.316. The van der Waals surface area contributed by atoms with Gasteiger partial charge in [-0.1, -0.05) is 60.7 Å². The summed E-state index contributed by atoms with van der Waals surface area (Å²) in [4.78, 5) is 13.8. The molecule has 0 aromatic heterocycles. The summed E-state index contributed by atoms with van der Waals surface area (Å²) in [6.07, 6.45) is 0. The number of carbonyl (C=O) groups excluding carboxylic acids is 1. The van der Waals surface area contributed by atoms with Gasteiger partial charge in [-0.05, 0) is 18.1 Å². The number of rotatable bonds is 4. The minimum absolute atomic E-state index is 0.0532. The van der Waals surface area contributed by atoms with Gasteiger partial charge in [-0.2, -0.15) is 0 Å². The number of alkyl halides is 2. The van der Waals surface area contributed by atoms with Crippen molar-refractivity contribution in [2.45, 2.75) is 17.8 Å². The number of benzene rings is 2. The van der Waals surface area contributed by atoms with E-state index in [2.05, 4.69) is 0 Å². The summed E-state index contributed by atoms with van der Waals surface area (Å²) in [5.74, 6) is 0.259. The van der Waals surface area contributed by atoms with E-state index in [1.165, 1.54) is 0 Å². The van der Waals surface area contributed by atoms with Crippen molar-refractivity contribution in [1.82, 2.24) is 4.90 Å². The number of hydrogen-bond acceptors (Lipinski definition) is 1. The van der Waals surface area contributed by atoms with Crippen LogP contribution in [0.2, 0.25) is 0 Å². The Morgan fingerprint density at radius 3 is 1.96 bits per heavy atom. The Hall–Kier alpha value is -1.51. The molecule has 1 heterocycles. The van der Waals surface area contributed by atoms with Crippen molar-refractivity contribution in [3.8, 4) is 0 Å². The lowest BCUT2D eigenvalue weighted by Crippen LogP contribution is -2.37. The first-order chi connectivity index (χ1) is 11.1. The second-order valence-corrected chi connectivity index (χ2v) is 7.20. The molecule has 23 heavy (non-hydrogen) atoms. The van der Waals surface area contributed by atoms with Gasteiger partial charge in [0.05, 0.1) is 6.04 Å². The highest BCUT2D eigenvalue weighted by Gasteiger charge is 2.51. The van der Waals surface area contributed by atoms with Crippen molar-refractivity contribution in [2.24, 2.45) is 5.92 Å². The average molecular weight is 348 g/mol. The molecule has 0 N–H and O–H groups in total. The van der Waals surface area contributed by atoms with Crippen LogP contribution in [0.3, 0.4) is 0 Å². The van der Waals surface area contributed by atoms with Gasteiger partial charge in [-0.3, -0.25) is 4.79 Å². The number of carbonyl (C=O) groups is 1. The first-order valence-corrected chi connectivity index (χ1v) is 8.62. The zero-order chi connectivity index (χ0) is 16.4. The minimum atomic E-state index is -0.941. The Morgan fingerprint density at radius 1 is 1.09 bits per heavy atom. The predicted octanol–water partition coefficient (Wildman–Crippen LogP) is 4.47. The van der Waals surface area contributed by atoms with E-state index in [0.717, 1.165) is 11.1 Å². The zero-order valence-electron chi connectivity index (χ0n) is 13.0. The monoisotopic (exact) mass is 347 g/mol. The third-order valence-corrected chi connectivity index (χ3v) is 5.43. The van der Waals surface area contributed by atoms with E-state index < -0.39 is 4.87 Å².